The number of pyridine rings is 1. The molecule has 4 N–H and O–H groups in total. The van der Waals surface area contributed by atoms with Crippen molar-refractivity contribution in [3.63, 3.8) is 0 Å². The first-order valence-electron chi connectivity index (χ1n) is 6.28. The molecule has 0 radical (unpaired) electrons. The molecule has 0 bridgehead atoms. The molecule has 1 aliphatic carbocycles. The van der Waals surface area contributed by atoms with Gasteiger partial charge in [0.15, 0.2) is 0 Å². The van der Waals surface area contributed by atoms with E-state index in [1.807, 2.05) is 12.1 Å². The molecule has 0 spiro atoms. The number of aromatic nitrogens is 1. The molecule has 4 heteroatoms. The summed E-state index contributed by atoms with van der Waals surface area (Å²) in [6.45, 7) is 4.71. The zero-order valence-electron chi connectivity index (χ0n) is 10.7. The second-order valence-electron chi connectivity index (χ2n) is 5.66. The highest BCUT2D eigenvalue weighted by molar-refractivity contribution is 5.51. The van der Waals surface area contributed by atoms with E-state index in [4.69, 9.17) is 5.84 Å². The topological polar surface area (TPSA) is 63.0 Å². The van der Waals surface area contributed by atoms with E-state index >= 15 is 0 Å². The Bertz CT molecular complexity index is 365. The Morgan fingerprint density at radius 1 is 1.35 bits per heavy atom. The predicted octanol–water partition coefficient (Wildman–Crippen LogP) is 2.75. The first-order chi connectivity index (χ1) is 8.09. The van der Waals surface area contributed by atoms with Crippen molar-refractivity contribution in [2.75, 3.05) is 10.7 Å². The molecule has 0 unspecified atom stereocenters. The monoisotopic (exact) mass is 234 g/mol. The summed E-state index contributed by atoms with van der Waals surface area (Å²) in [5.74, 6) is 6.05. The first kappa shape index (κ1) is 12.2. The van der Waals surface area contributed by atoms with Crippen LogP contribution in [0.4, 0.5) is 11.5 Å². The van der Waals surface area contributed by atoms with Gasteiger partial charge in [-0.05, 0) is 37.2 Å². The molecule has 0 amide bonds. The number of anilines is 2. The number of hydrogen-bond acceptors (Lipinski definition) is 4. The highest BCUT2D eigenvalue weighted by Gasteiger charge is 2.26. The van der Waals surface area contributed by atoms with Gasteiger partial charge in [-0.25, -0.2) is 10.8 Å². The fraction of sp³-hybridized carbons (Fsp3) is 0.615. The Labute approximate surface area is 103 Å². The number of hydrogen-bond donors (Lipinski definition) is 3. The average molecular weight is 234 g/mol. The van der Waals surface area contributed by atoms with Crippen molar-refractivity contribution in [2.24, 2.45) is 11.3 Å². The van der Waals surface area contributed by atoms with E-state index in [9.17, 15) is 0 Å². The quantitative estimate of drug-likeness (QED) is 0.556. The Balaban J connectivity index is 1.93. The summed E-state index contributed by atoms with van der Waals surface area (Å²) in [7, 11) is 0. The summed E-state index contributed by atoms with van der Waals surface area (Å²) in [6, 6.07) is 4.51. The van der Waals surface area contributed by atoms with Crippen LogP contribution in [-0.4, -0.2) is 11.0 Å². The molecule has 1 aromatic rings. The van der Waals surface area contributed by atoms with E-state index in [2.05, 4.69) is 29.6 Å². The van der Waals surface area contributed by atoms with Gasteiger partial charge >= 0.3 is 0 Å². The van der Waals surface area contributed by atoms with Crippen molar-refractivity contribution in [3.05, 3.63) is 18.3 Å². The Hall–Kier alpha value is -1.29. The number of nitrogen functional groups attached to an aromatic ring is 1. The lowest BCUT2D eigenvalue weighted by Gasteiger charge is -2.35. The van der Waals surface area contributed by atoms with Crippen LogP contribution in [0, 0.1) is 5.41 Å². The van der Waals surface area contributed by atoms with Crippen LogP contribution in [0.2, 0.25) is 0 Å². The normalized spacial score (nSPS) is 19.9. The van der Waals surface area contributed by atoms with Crippen LogP contribution in [0.25, 0.3) is 0 Å². The van der Waals surface area contributed by atoms with Crippen LogP contribution in [-0.2, 0) is 0 Å². The van der Waals surface area contributed by atoms with Gasteiger partial charge in [0.05, 0.1) is 0 Å². The van der Waals surface area contributed by atoms with E-state index in [1.165, 1.54) is 25.7 Å². The molecule has 2 rings (SSSR count). The van der Waals surface area contributed by atoms with Crippen LogP contribution in [0.3, 0.4) is 0 Å². The van der Waals surface area contributed by atoms with Gasteiger partial charge in [0.1, 0.15) is 5.82 Å². The maximum absolute atomic E-state index is 5.35. The van der Waals surface area contributed by atoms with Crippen LogP contribution in [0.5, 0.6) is 0 Å². The van der Waals surface area contributed by atoms with E-state index in [0.29, 0.717) is 17.3 Å². The average Bonchev–Trinajstić information content (AvgIpc) is 2.32. The third kappa shape index (κ3) is 3.33. The molecule has 1 heterocycles. The summed E-state index contributed by atoms with van der Waals surface area (Å²) >= 11 is 0. The minimum atomic E-state index is 0.514. The van der Waals surface area contributed by atoms with Crippen LogP contribution in [0.1, 0.15) is 39.5 Å². The maximum Gasteiger partial charge on any atom is 0.141 e. The second-order valence-corrected chi connectivity index (χ2v) is 5.66. The minimum absolute atomic E-state index is 0.514. The largest absolute Gasteiger partial charge is 0.382 e. The van der Waals surface area contributed by atoms with Gasteiger partial charge in [0.25, 0.3) is 0 Å². The van der Waals surface area contributed by atoms with E-state index in [1.54, 1.807) is 6.20 Å². The predicted molar refractivity (Wildman–Crippen MR) is 71.7 cm³/mol. The van der Waals surface area contributed by atoms with Gasteiger partial charge < -0.3 is 10.7 Å². The molecule has 1 aliphatic rings. The van der Waals surface area contributed by atoms with Gasteiger partial charge in [-0.2, -0.15) is 0 Å². The third-order valence-corrected chi connectivity index (χ3v) is 3.62. The van der Waals surface area contributed by atoms with Crippen molar-refractivity contribution in [3.8, 4) is 0 Å². The number of nitrogens with one attached hydrogen (secondary N) is 2. The zero-order chi connectivity index (χ0) is 12.3. The van der Waals surface area contributed by atoms with Crippen molar-refractivity contribution in [1.29, 1.82) is 0 Å². The number of nitrogens with zero attached hydrogens (tertiary/aromatic N) is 1. The van der Waals surface area contributed by atoms with Gasteiger partial charge in [-0.15, -0.1) is 0 Å². The van der Waals surface area contributed by atoms with Crippen LogP contribution in [0.15, 0.2) is 18.3 Å². The summed E-state index contributed by atoms with van der Waals surface area (Å²) in [4.78, 5) is 4.10. The molecule has 4 nitrogen and oxygen atoms in total. The van der Waals surface area contributed by atoms with Crippen molar-refractivity contribution >= 4 is 11.5 Å². The Morgan fingerprint density at radius 2 is 2.06 bits per heavy atom. The van der Waals surface area contributed by atoms with E-state index in [-0.39, 0.29) is 0 Å². The molecule has 0 aliphatic heterocycles. The molecule has 1 saturated carbocycles. The number of nitrogens with two attached hydrogens (primary N) is 1. The van der Waals surface area contributed by atoms with Crippen molar-refractivity contribution in [1.82, 2.24) is 4.98 Å². The highest BCUT2D eigenvalue weighted by atomic mass is 15.2. The number of rotatable bonds is 3. The molecule has 1 fully saturated rings. The molecule has 94 valence electrons. The zero-order valence-corrected chi connectivity index (χ0v) is 10.7. The molecule has 0 atom stereocenters. The summed E-state index contributed by atoms with van der Waals surface area (Å²) in [5.41, 5.74) is 4.18. The SMILES string of the molecule is CC1(C)CCC(Nc2ccnc(NN)c2)CC1. The molecule has 17 heavy (non-hydrogen) atoms. The van der Waals surface area contributed by atoms with Gasteiger partial charge in [0, 0.05) is 24.0 Å². The summed E-state index contributed by atoms with van der Waals surface area (Å²) in [5, 5.41) is 3.56. The van der Waals surface area contributed by atoms with Crippen molar-refractivity contribution < 1.29 is 0 Å². The number of hydrazine groups is 1. The minimum Gasteiger partial charge on any atom is -0.382 e. The fourth-order valence-corrected chi connectivity index (χ4v) is 2.38. The molecule has 0 aromatic carbocycles. The maximum atomic E-state index is 5.35. The van der Waals surface area contributed by atoms with Crippen LogP contribution < -0.4 is 16.6 Å². The smallest absolute Gasteiger partial charge is 0.141 e. The Morgan fingerprint density at radius 3 is 2.71 bits per heavy atom. The van der Waals surface area contributed by atoms with E-state index in [0.717, 1.165) is 5.69 Å². The molecule has 0 saturated heterocycles. The Kier molecular flexibility index (Phi) is 3.52. The van der Waals surface area contributed by atoms with E-state index < -0.39 is 0 Å². The summed E-state index contributed by atoms with van der Waals surface area (Å²) < 4.78 is 0. The van der Waals surface area contributed by atoms with Gasteiger partial charge in [0.2, 0.25) is 0 Å². The third-order valence-electron chi connectivity index (χ3n) is 3.62. The van der Waals surface area contributed by atoms with Crippen molar-refractivity contribution in [2.45, 2.75) is 45.6 Å². The van der Waals surface area contributed by atoms with Gasteiger partial charge in [-0.1, -0.05) is 13.8 Å². The lowest BCUT2D eigenvalue weighted by Crippen LogP contribution is -2.29. The second kappa shape index (κ2) is 4.92. The summed E-state index contributed by atoms with van der Waals surface area (Å²) in [6.07, 6.45) is 6.82. The van der Waals surface area contributed by atoms with Crippen LogP contribution >= 0.6 is 0 Å². The fourth-order valence-electron chi connectivity index (χ4n) is 2.38. The standard InChI is InChI=1S/C13H22N4/c1-13(2)6-3-10(4-7-13)16-11-5-8-15-12(9-11)17-14/h5,8-10H,3-4,6-7,14H2,1-2H3,(H2,15,16,17). The lowest BCUT2D eigenvalue weighted by atomic mass is 9.75. The van der Waals surface area contributed by atoms with Gasteiger partial charge in [-0.3, -0.25) is 0 Å². The first-order valence-corrected chi connectivity index (χ1v) is 6.28. The lowest BCUT2D eigenvalue weighted by molar-refractivity contribution is 0.232. The molecular formula is C13H22N4. The highest BCUT2D eigenvalue weighted by Crippen LogP contribution is 2.36. The molecule has 1 aromatic heterocycles. The molecular weight excluding hydrogens is 212 g/mol.